The molecule has 0 saturated carbocycles. The molecule has 0 spiro atoms. The third kappa shape index (κ3) is 4.60. The number of rotatable bonds is 4. The lowest BCUT2D eigenvalue weighted by atomic mass is 10.1. The smallest absolute Gasteiger partial charge is 0.169 e. The first kappa shape index (κ1) is 19.6. The molecule has 136 valence electrons. The Morgan fingerprint density at radius 1 is 0.963 bits per heavy atom. The van der Waals surface area contributed by atoms with Crippen LogP contribution in [-0.4, -0.2) is 4.57 Å². The summed E-state index contributed by atoms with van der Waals surface area (Å²) in [5.41, 5.74) is 4.82. The Morgan fingerprint density at radius 2 is 1.70 bits per heavy atom. The van der Waals surface area contributed by atoms with Gasteiger partial charge in [-0.2, -0.15) is 0 Å². The zero-order valence-electron chi connectivity index (χ0n) is 15.0. The van der Waals surface area contributed by atoms with E-state index >= 15 is 0 Å². The summed E-state index contributed by atoms with van der Waals surface area (Å²) >= 11 is 6.26. The van der Waals surface area contributed by atoms with E-state index in [0.29, 0.717) is 0 Å². The Hall–Kier alpha value is -2.11. The minimum Gasteiger partial charge on any atom is -1.00 e. The summed E-state index contributed by atoms with van der Waals surface area (Å²) in [6.45, 7) is 0.841. The second kappa shape index (κ2) is 8.72. The van der Waals surface area contributed by atoms with Crippen molar-refractivity contribution in [3.05, 3.63) is 101 Å². The number of hydrogen-bond acceptors (Lipinski definition) is 0. The lowest BCUT2D eigenvalue weighted by Gasteiger charge is -2.05. The van der Waals surface area contributed by atoms with Gasteiger partial charge in [0.05, 0.1) is 0 Å². The van der Waals surface area contributed by atoms with E-state index in [2.05, 4.69) is 77.8 Å². The van der Waals surface area contributed by atoms with Crippen LogP contribution in [0.15, 0.2) is 79.3 Å². The summed E-state index contributed by atoms with van der Waals surface area (Å²) < 4.78 is 4.31. The highest BCUT2D eigenvalue weighted by Crippen LogP contribution is 2.27. The summed E-state index contributed by atoms with van der Waals surface area (Å²) in [6, 6.07) is 20.8. The van der Waals surface area contributed by atoms with Gasteiger partial charge in [-0.15, -0.1) is 0 Å². The Morgan fingerprint density at radius 3 is 2.44 bits per heavy atom. The maximum absolute atomic E-state index is 6.26. The topological polar surface area (TPSA) is 8.81 Å². The molecule has 0 aliphatic heterocycles. The van der Waals surface area contributed by atoms with Crippen LogP contribution in [-0.2, 0) is 13.6 Å². The van der Waals surface area contributed by atoms with E-state index in [9.17, 15) is 0 Å². The van der Waals surface area contributed by atoms with Crippen molar-refractivity contribution in [3.63, 3.8) is 0 Å². The summed E-state index contributed by atoms with van der Waals surface area (Å²) in [4.78, 5) is 0. The van der Waals surface area contributed by atoms with Gasteiger partial charge < -0.3 is 28.5 Å². The van der Waals surface area contributed by atoms with E-state index in [0.717, 1.165) is 11.6 Å². The second-order valence-electron chi connectivity index (χ2n) is 6.49. The molecule has 2 aromatic carbocycles. The van der Waals surface area contributed by atoms with Gasteiger partial charge in [0.2, 0.25) is 0 Å². The van der Waals surface area contributed by atoms with Crippen molar-refractivity contribution >= 4 is 34.7 Å². The van der Waals surface area contributed by atoms with Crippen molar-refractivity contribution in [2.24, 2.45) is 7.05 Å². The number of aryl methyl sites for hydroxylation is 1. The lowest BCUT2D eigenvalue weighted by molar-refractivity contribution is -0.671. The molecule has 2 nitrogen and oxygen atoms in total. The van der Waals surface area contributed by atoms with E-state index in [1.807, 2.05) is 29.8 Å². The largest absolute Gasteiger partial charge is 1.00 e. The molecule has 4 heteroatoms. The monoisotopic (exact) mass is 486 g/mol. The first-order valence-corrected chi connectivity index (χ1v) is 9.02. The molecule has 0 saturated heterocycles. The summed E-state index contributed by atoms with van der Waals surface area (Å²) in [5.74, 6) is 0. The zero-order valence-corrected chi connectivity index (χ0v) is 17.9. The van der Waals surface area contributed by atoms with Crippen LogP contribution < -0.4 is 28.5 Å². The van der Waals surface area contributed by atoms with Gasteiger partial charge in [0, 0.05) is 46.4 Å². The third-order valence-corrected chi connectivity index (χ3v) is 4.76. The second-order valence-corrected chi connectivity index (χ2v) is 6.93. The summed E-state index contributed by atoms with van der Waals surface area (Å²) in [5, 5.41) is 1.93. The van der Waals surface area contributed by atoms with Crippen molar-refractivity contribution in [2.45, 2.75) is 6.54 Å². The third-order valence-electron chi connectivity index (χ3n) is 4.53. The molecule has 0 atom stereocenters. The van der Waals surface area contributed by atoms with Crippen LogP contribution in [0.3, 0.4) is 0 Å². The van der Waals surface area contributed by atoms with Gasteiger partial charge in [-0.1, -0.05) is 54.1 Å². The van der Waals surface area contributed by atoms with E-state index < -0.39 is 0 Å². The van der Waals surface area contributed by atoms with Crippen LogP contribution >= 0.6 is 11.6 Å². The number of halogens is 2. The molecule has 0 aliphatic rings. The van der Waals surface area contributed by atoms with Gasteiger partial charge in [-0.05, 0) is 29.3 Å². The van der Waals surface area contributed by atoms with E-state index in [1.54, 1.807) is 0 Å². The highest BCUT2D eigenvalue weighted by Gasteiger charge is 2.08. The number of fused-ring (bicyclic) bond motifs is 1. The fourth-order valence-electron chi connectivity index (χ4n) is 3.15. The Balaban J connectivity index is 0.00000210. The molecule has 0 amide bonds. The van der Waals surface area contributed by atoms with E-state index in [1.165, 1.54) is 27.6 Å². The molecule has 2 aromatic heterocycles. The quantitative estimate of drug-likeness (QED) is 0.309. The molecule has 2 heterocycles. The van der Waals surface area contributed by atoms with Gasteiger partial charge in [-0.3, -0.25) is 0 Å². The van der Waals surface area contributed by atoms with Crippen molar-refractivity contribution in [3.8, 4) is 0 Å². The van der Waals surface area contributed by atoms with Crippen LogP contribution in [0.1, 0.15) is 16.7 Å². The molecule has 0 fully saturated rings. The van der Waals surface area contributed by atoms with Gasteiger partial charge in [0.1, 0.15) is 7.05 Å². The van der Waals surface area contributed by atoms with Gasteiger partial charge in [0.15, 0.2) is 12.4 Å². The van der Waals surface area contributed by atoms with Crippen LogP contribution in [0.2, 0.25) is 5.02 Å². The summed E-state index contributed by atoms with van der Waals surface area (Å²) in [7, 11) is 2.02. The number of nitrogens with zero attached hydrogens (tertiary/aromatic N) is 2. The van der Waals surface area contributed by atoms with Gasteiger partial charge >= 0.3 is 0 Å². The fraction of sp³-hybridized carbons (Fsp3) is 0.0870. The van der Waals surface area contributed by atoms with Crippen LogP contribution in [0, 0.1) is 0 Å². The maximum atomic E-state index is 6.26. The van der Waals surface area contributed by atoms with Gasteiger partial charge in [0.25, 0.3) is 0 Å². The molecule has 4 rings (SSSR count). The first-order valence-electron chi connectivity index (χ1n) is 8.65. The predicted molar refractivity (Wildman–Crippen MR) is 109 cm³/mol. The highest BCUT2D eigenvalue weighted by atomic mass is 127. The zero-order chi connectivity index (χ0) is 17.9. The summed E-state index contributed by atoms with van der Waals surface area (Å²) in [6.07, 6.45) is 10.6. The van der Waals surface area contributed by atoms with Crippen LogP contribution in [0.5, 0.6) is 0 Å². The van der Waals surface area contributed by atoms with E-state index in [4.69, 9.17) is 11.6 Å². The predicted octanol–water partition coefficient (Wildman–Crippen LogP) is 2.34. The number of benzene rings is 2. The average molecular weight is 487 g/mol. The molecular weight excluding hydrogens is 467 g/mol. The van der Waals surface area contributed by atoms with E-state index in [-0.39, 0.29) is 24.0 Å². The van der Waals surface area contributed by atoms with Crippen molar-refractivity contribution in [1.82, 2.24) is 4.57 Å². The normalized spacial score (nSPS) is 11.0. The Bertz CT molecular complexity index is 1070. The molecule has 0 aliphatic carbocycles. The van der Waals surface area contributed by atoms with Gasteiger partial charge in [-0.25, -0.2) is 4.57 Å². The molecule has 0 bridgehead atoms. The van der Waals surface area contributed by atoms with Crippen molar-refractivity contribution < 1.29 is 28.5 Å². The van der Waals surface area contributed by atoms with Crippen molar-refractivity contribution in [1.29, 1.82) is 0 Å². The Labute approximate surface area is 181 Å². The molecule has 27 heavy (non-hydrogen) atoms. The Kier molecular flexibility index (Phi) is 6.34. The van der Waals surface area contributed by atoms with Crippen LogP contribution in [0.4, 0.5) is 0 Å². The molecule has 0 radical (unpaired) electrons. The number of hydrogen-bond donors (Lipinski definition) is 0. The number of aromatic nitrogens is 2. The molecule has 4 aromatic rings. The maximum Gasteiger partial charge on any atom is 0.169 e. The average Bonchev–Trinajstić information content (AvgIpc) is 2.99. The molecular formula is C23H20ClIN2. The minimum atomic E-state index is 0. The number of pyridine rings is 1. The standard InChI is InChI=1S/C23H20ClN2.HI/c1-25-13-11-18(12-14-25)7-8-20-17-26(16-19-5-3-2-4-6-19)23-10-9-21(24)15-22(20)23;/h2-15,17H,16H2,1H3;1H/q+1;/p-1. The fourth-order valence-corrected chi connectivity index (χ4v) is 3.32. The SMILES string of the molecule is C[n+]1ccc(C=Cc2cn(Cc3ccccc3)c3ccc(Cl)cc23)cc1.[I-]. The lowest BCUT2D eigenvalue weighted by Crippen LogP contribution is -3.00. The highest BCUT2D eigenvalue weighted by molar-refractivity contribution is 6.31. The van der Waals surface area contributed by atoms with Crippen LogP contribution in [0.25, 0.3) is 23.1 Å². The minimum absolute atomic E-state index is 0. The first-order chi connectivity index (χ1) is 12.7. The molecule has 0 N–H and O–H groups in total. The molecule has 0 unspecified atom stereocenters. The van der Waals surface area contributed by atoms with Crippen molar-refractivity contribution in [2.75, 3.05) is 0 Å².